The number of halogens is 3. The molecule has 0 bridgehead atoms. The fourth-order valence-electron chi connectivity index (χ4n) is 2.45. The van der Waals surface area contributed by atoms with Crippen molar-refractivity contribution in [1.82, 2.24) is 14.8 Å². The molecular weight excluding hydrogens is 303 g/mol. The Bertz CT molecular complexity index is 720. The molecule has 1 aliphatic rings. The second-order valence-corrected chi connectivity index (χ2v) is 5.01. The summed E-state index contributed by atoms with van der Waals surface area (Å²) in [5, 5.41) is 12.9. The zero-order valence-electron chi connectivity index (χ0n) is 11.3. The quantitative estimate of drug-likeness (QED) is 0.922. The largest absolute Gasteiger partial charge is 0.476 e. The maximum absolute atomic E-state index is 12.8. The molecule has 2 aromatic heterocycles. The van der Waals surface area contributed by atoms with E-state index in [1.807, 2.05) is 0 Å². The summed E-state index contributed by atoms with van der Waals surface area (Å²) in [5.74, 6) is -1.40. The smallest absolute Gasteiger partial charge is 0.417 e. The molecule has 6 nitrogen and oxygen atoms in total. The van der Waals surface area contributed by atoms with Gasteiger partial charge in [-0.1, -0.05) is 0 Å². The van der Waals surface area contributed by atoms with Crippen molar-refractivity contribution in [1.29, 1.82) is 0 Å². The molecule has 22 heavy (non-hydrogen) atoms. The first-order valence-corrected chi connectivity index (χ1v) is 6.68. The zero-order chi connectivity index (χ0) is 15.9. The summed E-state index contributed by atoms with van der Waals surface area (Å²) in [6.45, 7) is 0.495. The second-order valence-electron chi connectivity index (χ2n) is 5.01. The minimum atomic E-state index is -4.60. The molecular formula is C13H12F3N3O3. The van der Waals surface area contributed by atoms with Crippen molar-refractivity contribution in [2.75, 3.05) is 6.61 Å². The van der Waals surface area contributed by atoms with Crippen LogP contribution in [-0.2, 0) is 10.9 Å². The predicted molar refractivity (Wildman–Crippen MR) is 68.3 cm³/mol. The third-order valence-corrected chi connectivity index (χ3v) is 3.50. The molecule has 3 heterocycles. The first-order valence-electron chi connectivity index (χ1n) is 6.68. The van der Waals surface area contributed by atoms with E-state index in [1.165, 1.54) is 4.68 Å². The van der Waals surface area contributed by atoms with Crippen LogP contribution in [0.25, 0.3) is 11.0 Å². The van der Waals surface area contributed by atoms with E-state index in [2.05, 4.69) is 10.1 Å². The summed E-state index contributed by atoms with van der Waals surface area (Å²) in [6, 6.07) is 0.762. The molecule has 0 radical (unpaired) electrons. The summed E-state index contributed by atoms with van der Waals surface area (Å²) in [4.78, 5) is 15.0. The molecule has 3 rings (SSSR count). The molecule has 0 spiro atoms. The topological polar surface area (TPSA) is 77.2 Å². The number of pyridine rings is 1. The normalized spacial score (nSPS) is 19.5. The zero-order valence-corrected chi connectivity index (χ0v) is 11.3. The molecule has 0 aromatic carbocycles. The molecule has 1 saturated heterocycles. The van der Waals surface area contributed by atoms with Gasteiger partial charge >= 0.3 is 12.1 Å². The van der Waals surface area contributed by atoms with E-state index in [-0.39, 0.29) is 11.0 Å². The lowest BCUT2D eigenvalue weighted by molar-refractivity contribution is -0.137. The number of nitrogens with zero attached hydrogens (tertiary/aromatic N) is 3. The Kier molecular flexibility index (Phi) is 3.51. The number of carbonyl (C=O) groups is 1. The van der Waals surface area contributed by atoms with Gasteiger partial charge in [-0.05, 0) is 25.3 Å². The number of hydrogen-bond acceptors (Lipinski definition) is 4. The van der Waals surface area contributed by atoms with Crippen LogP contribution >= 0.6 is 0 Å². The van der Waals surface area contributed by atoms with Crippen LogP contribution in [0.5, 0.6) is 0 Å². The van der Waals surface area contributed by atoms with E-state index >= 15 is 0 Å². The molecule has 1 fully saturated rings. The maximum Gasteiger partial charge on any atom is 0.417 e. The van der Waals surface area contributed by atoms with E-state index in [0.717, 1.165) is 18.9 Å². The van der Waals surface area contributed by atoms with Crippen molar-refractivity contribution in [2.45, 2.75) is 31.7 Å². The number of aromatic carboxylic acids is 1. The maximum atomic E-state index is 12.8. The number of hydrogen-bond donors (Lipinski definition) is 1. The average molecular weight is 315 g/mol. The molecule has 118 valence electrons. The standard InChI is InChI=1S/C13H12F3N3O3/c14-13(15,16)7-5-8-10(12(20)21)18-19(11(8)17-6-7)9-3-1-2-4-22-9/h5-6,9H,1-4H2,(H,20,21). The lowest BCUT2D eigenvalue weighted by Gasteiger charge is -2.23. The van der Waals surface area contributed by atoms with Crippen LogP contribution in [0.15, 0.2) is 12.3 Å². The number of carboxylic acid groups (broad SMARTS) is 1. The number of ether oxygens (including phenoxy) is 1. The lowest BCUT2D eigenvalue weighted by Crippen LogP contribution is -2.20. The van der Waals surface area contributed by atoms with Crippen LogP contribution in [-0.4, -0.2) is 32.4 Å². The Morgan fingerprint density at radius 2 is 2.18 bits per heavy atom. The lowest BCUT2D eigenvalue weighted by atomic mass is 10.2. The van der Waals surface area contributed by atoms with Gasteiger partial charge in [0.2, 0.25) is 0 Å². The summed E-state index contributed by atoms with van der Waals surface area (Å²) in [7, 11) is 0. The molecule has 0 amide bonds. The first-order chi connectivity index (χ1) is 10.4. The molecule has 9 heteroatoms. The highest BCUT2D eigenvalue weighted by Crippen LogP contribution is 2.33. The van der Waals surface area contributed by atoms with Gasteiger partial charge in [0, 0.05) is 12.8 Å². The molecule has 1 unspecified atom stereocenters. The Morgan fingerprint density at radius 3 is 2.77 bits per heavy atom. The number of fused-ring (bicyclic) bond motifs is 1. The average Bonchev–Trinajstić information content (AvgIpc) is 2.86. The number of alkyl halides is 3. The minimum Gasteiger partial charge on any atom is -0.476 e. The summed E-state index contributed by atoms with van der Waals surface area (Å²) >= 11 is 0. The Hall–Kier alpha value is -2.16. The summed E-state index contributed by atoms with van der Waals surface area (Å²) < 4.78 is 45.1. The number of rotatable bonds is 2. The van der Waals surface area contributed by atoms with E-state index in [9.17, 15) is 18.0 Å². The van der Waals surface area contributed by atoms with Crippen molar-refractivity contribution in [3.63, 3.8) is 0 Å². The van der Waals surface area contributed by atoms with Crippen LogP contribution < -0.4 is 0 Å². The van der Waals surface area contributed by atoms with E-state index in [4.69, 9.17) is 9.84 Å². The van der Waals surface area contributed by atoms with Crippen molar-refractivity contribution in [2.24, 2.45) is 0 Å². The molecule has 2 aromatic rings. The van der Waals surface area contributed by atoms with Crippen molar-refractivity contribution in [3.05, 3.63) is 23.5 Å². The van der Waals surface area contributed by atoms with Crippen LogP contribution in [0.2, 0.25) is 0 Å². The van der Waals surface area contributed by atoms with Gasteiger partial charge in [-0.25, -0.2) is 14.5 Å². The molecule has 1 N–H and O–H groups in total. The van der Waals surface area contributed by atoms with Gasteiger partial charge in [0.25, 0.3) is 0 Å². The van der Waals surface area contributed by atoms with Gasteiger partial charge in [-0.15, -0.1) is 0 Å². The monoisotopic (exact) mass is 315 g/mol. The number of carboxylic acids is 1. The Labute approximate surface area is 122 Å². The Balaban J connectivity index is 2.16. The van der Waals surface area contributed by atoms with Gasteiger partial charge in [-0.3, -0.25) is 0 Å². The van der Waals surface area contributed by atoms with Gasteiger partial charge in [-0.2, -0.15) is 18.3 Å². The van der Waals surface area contributed by atoms with E-state index in [0.29, 0.717) is 19.2 Å². The van der Waals surface area contributed by atoms with Gasteiger partial charge in [0.05, 0.1) is 10.9 Å². The SMILES string of the molecule is O=C(O)c1nn(C2CCCCO2)c2ncc(C(F)(F)F)cc12. The van der Waals surface area contributed by atoms with Crippen LogP contribution in [0.3, 0.4) is 0 Å². The van der Waals surface area contributed by atoms with Crippen molar-refractivity contribution in [3.8, 4) is 0 Å². The van der Waals surface area contributed by atoms with E-state index in [1.54, 1.807) is 0 Å². The highest BCUT2D eigenvalue weighted by molar-refractivity contribution is 6.00. The third kappa shape index (κ3) is 2.52. The van der Waals surface area contributed by atoms with Gasteiger partial charge < -0.3 is 9.84 Å². The second kappa shape index (κ2) is 5.24. The number of aromatic nitrogens is 3. The highest BCUT2D eigenvalue weighted by Gasteiger charge is 2.33. The van der Waals surface area contributed by atoms with Crippen molar-refractivity contribution < 1.29 is 27.8 Å². The molecule has 1 atom stereocenters. The fraction of sp³-hybridized carbons (Fsp3) is 0.462. The molecule has 0 aliphatic carbocycles. The van der Waals surface area contributed by atoms with E-state index < -0.39 is 29.6 Å². The molecule has 1 aliphatic heterocycles. The summed E-state index contributed by atoms with van der Waals surface area (Å²) in [6.07, 6.45) is -2.07. The van der Waals surface area contributed by atoms with Crippen LogP contribution in [0.4, 0.5) is 13.2 Å². The van der Waals surface area contributed by atoms with Crippen LogP contribution in [0, 0.1) is 0 Å². The third-order valence-electron chi connectivity index (χ3n) is 3.50. The first kappa shape index (κ1) is 14.8. The molecule has 0 saturated carbocycles. The predicted octanol–water partition coefficient (Wildman–Crippen LogP) is 2.85. The van der Waals surface area contributed by atoms with Gasteiger partial charge in [0.15, 0.2) is 17.6 Å². The Morgan fingerprint density at radius 1 is 1.41 bits per heavy atom. The minimum absolute atomic E-state index is 0.0808. The van der Waals surface area contributed by atoms with Crippen molar-refractivity contribution >= 4 is 17.0 Å². The fourth-order valence-corrected chi connectivity index (χ4v) is 2.45. The highest BCUT2D eigenvalue weighted by atomic mass is 19.4. The van der Waals surface area contributed by atoms with Crippen LogP contribution in [0.1, 0.15) is 41.5 Å². The summed E-state index contributed by atoms with van der Waals surface area (Å²) in [5.41, 5.74) is -1.38. The van der Waals surface area contributed by atoms with Gasteiger partial charge in [0.1, 0.15) is 0 Å².